The standard InChI is InChI=1S/C9H16N2O5S/c1-6(8(12)13)10-9(14)11(2)7-3-4-17(15,16)5-7/h6-7H,3-5H2,1-2H3,(H,10,14)(H,12,13)/t6-,7?/m0/s1. The molecule has 17 heavy (non-hydrogen) atoms. The highest BCUT2D eigenvalue weighted by Gasteiger charge is 2.33. The maximum atomic E-state index is 11.6. The van der Waals surface area contributed by atoms with Gasteiger partial charge in [0.1, 0.15) is 6.04 Å². The zero-order valence-electron chi connectivity index (χ0n) is 9.71. The number of carboxylic acid groups (broad SMARTS) is 1. The third kappa shape index (κ3) is 3.58. The summed E-state index contributed by atoms with van der Waals surface area (Å²) in [5.41, 5.74) is 0. The molecular weight excluding hydrogens is 248 g/mol. The molecule has 1 heterocycles. The van der Waals surface area contributed by atoms with Gasteiger partial charge >= 0.3 is 12.0 Å². The molecule has 0 aromatic carbocycles. The molecular formula is C9H16N2O5S. The predicted molar refractivity (Wildman–Crippen MR) is 60.5 cm³/mol. The van der Waals surface area contributed by atoms with Crippen LogP contribution in [0.15, 0.2) is 0 Å². The summed E-state index contributed by atoms with van der Waals surface area (Å²) in [5, 5.41) is 10.9. The van der Waals surface area contributed by atoms with Gasteiger partial charge in [-0.25, -0.2) is 13.2 Å². The average molecular weight is 264 g/mol. The number of nitrogens with zero attached hydrogens (tertiary/aromatic N) is 1. The monoisotopic (exact) mass is 264 g/mol. The second-order valence-electron chi connectivity index (χ2n) is 4.18. The SMILES string of the molecule is C[C@H](NC(=O)N(C)C1CCS(=O)(=O)C1)C(=O)O. The number of sulfone groups is 1. The fourth-order valence-corrected chi connectivity index (χ4v) is 3.37. The topological polar surface area (TPSA) is 104 Å². The lowest BCUT2D eigenvalue weighted by Gasteiger charge is -2.24. The Morgan fingerprint density at radius 3 is 2.47 bits per heavy atom. The van der Waals surface area contributed by atoms with Gasteiger partial charge in [0.2, 0.25) is 0 Å². The van der Waals surface area contributed by atoms with E-state index >= 15 is 0 Å². The fraction of sp³-hybridized carbons (Fsp3) is 0.778. The Bertz CT molecular complexity index is 419. The molecule has 0 spiro atoms. The van der Waals surface area contributed by atoms with Gasteiger partial charge in [0.15, 0.2) is 9.84 Å². The zero-order chi connectivity index (χ0) is 13.2. The average Bonchev–Trinajstić information content (AvgIpc) is 2.57. The maximum absolute atomic E-state index is 11.6. The Morgan fingerprint density at radius 2 is 2.06 bits per heavy atom. The lowest BCUT2D eigenvalue weighted by molar-refractivity contribution is -0.138. The van der Waals surface area contributed by atoms with Crippen molar-refractivity contribution in [3.8, 4) is 0 Å². The quantitative estimate of drug-likeness (QED) is 0.700. The van der Waals surface area contributed by atoms with Gasteiger partial charge in [0.25, 0.3) is 0 Å². The van der Waals surface area contributed by atoms with Crippen LogP contribution in [0.1, 0.15) is 13.3 Å². The molecule has 0 aliphatic carbocycles. The summed E-state index contributed by atoms with van der Waals surface area (Å²) in [7, 11) is -1.59. The molecule has 2 N–H and O–H groups in total. The minimum Gasteiger partial charge on any atom is -0.480 e. The lowest BCUT2D eigenvalue weighted by Crippen LogP contribution is -2.49. The van der Waals surface area contributed by atoms with Crippen LogP contribution in [-0.2, 0) is 14.6 Å². The molecule has 8 heteroatoms. The van der Waals surface area contributed by atoms with Gasteiger partial charge in [0, 0.05) is 13.1 Å². The first-order valence-electron chi connectivity index (χ1n) is 5.19. The molecule has 1 saturated heterocycles. The Morgan fingerprint density at radius 1 is 1.47 bits per heavy atom. The van der Waals surface area contributed by atoms with Crippen LogP contribution >= 0.6 is 0 Å². The van der Waals surface area contributed by atoms with Crippen LogP contribution in [0.3, 0.4) is 0 Å². The lowest BCUT2D eigenvalue weighted by atomic mass is 10.2. The van der Waals surface area contributed by atoms with Crippen molar-refractivity contribution in [2.75, 3.05) is 18.6 Å². The van der Waals surface area contributed by atoms with Crippen LogP contribution in [0, 0.1) is 0 Å². The van der Waals surface area contributed by atoms with E-state index in [-0.39, 0.29) is 17.5 Å². The zero-order valence-corrected chi connectivity index (χ0v) is 10.5. The molecule has 7 nitrogen and oxygen atoms in total. The molecule has 1 rings (SSSR count). The van der Waals surface area contributed by atoms with Crippen LogP contribution in [0.2, 0.25) is 0 Å². The van der Waals surface area contributed by atoms with Gasteiger partial charge in [-0.15, -0.1) is 0 Å². The number of aliphatic carboxylic acids is 1. The summed E-state index contributed by atoms with van der Waals surface area (Å²) in [4.78, 5) is 23.4. The highest BCUT2D eigenvalue weighted by molar-refractivity contribution is 7.91. The fourth-order valence-electron chi connectivity index (χ4n) is 1.60. The van der Waals surface area contributed by atoms with Gasteiger partial charge < -0.3 is 15.3 Å². The van der Waals surface area contributed by atoms with Crippen LogP contribution < -0.4 is 5.32 Å². The number of hydrogen-bond acceptors (Lipinski definition) is 4. The number of rotatable bonds is 3. The van der Waals surface area contributed by atoms with Crippen molar-refractivity contribution in [1.29, 1.82) is 0 Å². The number of carbonyl (C=O) groups is 2. The van der Waals surface area contributed by atoms with Crippen molar-refractivity contribution in [3.05, 3.63) is 0 Å². The van der Waals surface area contributed by atoms with Gasteiger partial charge in [-0.05, 0) is 13.3 Å². The van der Waals surface area contributed by atoms with E-state index in [0.29, 0.717) is 6.42 Å². The van der Waals surface area contributed by atoms with Crippen molar-refractivity contribution in [2.24, 2.45) is 0 Å². The summed E-state index contributed by atoms with van der Waals surface area (Å²) in [6.07, 6.45) is 0.397. The summed E-state index contributed by atoms with van der Waals surface area (Å²) in [5.74, 6) is -1.12. The number of hydrogen-bond donors (Lipinski definition) is 2. The Balaban J connectivity index is 2.56. The Hall–Kier alpha value is -1.31. The number of amides is 2. The van der Waals surface area contributed by atoms with Gasteiger partial charge in [0.05, 0.1) is 11.5 Å². The van der Waals surface area contributed by atoms with Gasteiger partial charge in [-0.3, -0.25) is 4.79 Å². The first-order chi connectivity index (χ1) is 7.73. The van der Waals surface area contributed by atoms with Crippen molar-refractivity contribution >= 4 is 21.8 Å². The molecule has 98 valence electrons. The van der Waals surface area contributed by atoms with Crippen molar-refractivity contribution < 1.29 is 23.1 Å². The summed E-state index contributed by atoms with van der Waals surface area (Å²) >= 11 is 0. The van der Waals surface area contributed by atoms with Crippen LogP contribution in [-0.4, -0.2) is 61.1 Å². The third-order valence-electron chi connectivity index (χ3n) is 2.79. The van der Waals surface area contributed by atoms with E-state index in [1.54, 1.807) is 0 Å². The van der Waals surface area contributed by atoms with E-state index in [4.69, 9.17) is 5.11 Å². The Kier molecular flexibility index (Phi) is 3.97. The molecule has 0 bridgehead atoms. The molecule has 0 aromatic rings. The smallest absolute Gasteiger partial charge is 0.325 e. The van der Waals surface area contributed by atoms with Gasteiger partial charge in [-0.2, -0.15) is 0 Å². The summed E-state index contributed by atoms with van der Waals surface area (Å²) in [6, 6.07) is -1.94. The molecule has 2 atom stereocenters. The number of carboxylic acids is 1. The first-order valence-corrected chi connectivity index (χ1v) is 7.01. The van der Waals surface area contributed by atoms with Crippen molar-refractivity contribution in [2.45, 2.75) is 25.4 Å². The van der Waals surface area contributed by atoms with Crippen molar-refractivity contribution in [1.82, 2.24) is 10.2 Å². The molecule has 0 aromatic heterocycles. The van der Waals surface area contributed by atoms with Crippen molar-refractivity contribution in [3.63, 3.8) is 0 Å². The second-order valence-corrected chi connectivity index (χ2v) is 6.41. The molecule has 0 radical (unpaired) electrons. The molecule has 1 aliphatic heterocycles. The summed E-state index contributed by atoms with van der Waals surface area (Å²) < 4.78 is 22.5. The molecule has 0 saturated carbocycles. The largest absolute Gasteiger partial charge is 0.480 e. The molecule has 1 fully saturated rings. The van der Waals surface area contributed by atoms with Crippen LogP contribution in [0.5, 0.6) is 0 Å². The van der Waals surface area contributed by atoms with E-state index in [0.717, 1.165) is 0 Å². The number of nitrogens with one attached hydrogen (secondary N) is 1. The van der Waals surface area contributed by atoms with E-state index in [2.05, 4.69) is 5.32 Å². The molecule has 2 amide bonds. The number of carbonyl (C=O) groups excluding carboxylic acids is 1. The van der Waals surface area contributed by atoms with E-state index in [1.807, 2.05) is 0 Å². The minimum atomic E-state index is -3.06. The van der Waals surface area contributed by atoms with E-state index < -0.39 is 27.9 Å². The van der Waals surface area contributed by atoms with E-state index in [1.165, 1.54) is 18.9 Å². The van der Waals surface area contributed by atoms with Gasteiger partial charge in [-0.1, -0.05) is 0 Å². The predicted octanol–water partition coefficient (Wildman–Crippen LogP) is -0.712. The second kappa shape index (κ2) is 4.91. The normalized spacial score (nSPS) is 24.0. The molecule has 1 unspecified atom stereocenters. The maximum Gasteiger partial charge on any atom is 0.325 e. The van der Waals surface area contributed by atoms with Crippen LogP contribution in [0.4, 0.5) is 4.79 Å². The first kappa shape index (κ1) is 13.8. The third-order valence-corrected chi connectivity index (χ3v) is 4.54. The van der Waals surface area contributed by atoms with Crippen LogP contribution in [0.25, 0.3) is 0 Å². The number of urea groups is 1. The highest BCUT2D eigenvalue weighted by atomic mass is 32.2. The molecule has 1 aliphatic rings. The minimum absolute atomic E-state index is 0.0572. The Labute approximate surface area is 99.7 Å². The highest BCUT2D eigenvalue weighted by Crippen LogP contribution is 2.16. The van der Waals surface area contributed by atoms with E-state index in [9.17, 15) is 18.0 Å². The summed E-state index contributed by atoms with van der Waals surface area (Å²) in [6.45, 7) is 1.35.